The maximum atomic E-state index is 13.0. The van der Waals surface area contributed by atoms with Gasteiger partial charge in [0.25, 0.3) is 5.91 Å². The topological polar surface area (TPSA) is 66.6 Å². The van der Waals surface area contributed by atoms with E-state index >= 15 is 0 Å². The highest BCUT2D eigenvalue weighted by atomic mass is 16.3. The Hall–Kier alpha value is -2.66. The van der Waals surface area contributed by atoms with Crippen molar-refractivity contribution >= 4 is 11.4 Å². The van der Waals surface area contributed by atoms with Crippen LogP contribution in [-0.4, -0.2) is 27.0 Å². The van der Waals surface area contributed by atoms with E-state index < -0.39 is 0 Å². The number of aromatic nitrogens is 2. The van der Waals surface area contributed by atoms with Crippen LogP contribution in [0.15, 0.2) is 55.1 Å². The van der Waals surface area contributed by atoms with E-state index in [1.54, 1.807) is 12.4 Å². The van der Waals surface area contributed by atoms with Gasteiger partial charge in [0.05, 0.1) is 18.2 Å². The van der Waals surface area contributed by atoms with Crippen LogP contribution in [-0.2, 0) is 0 Å². The number of nitrogens with zero attached hydrogens (tertiary/aromatic N) is 2. The van der Waals surface area contributed by atoms with Gasteiger partial charge in [-0.25, -0.2) is 0 Å². The lowest BCUT2D eigenvalue weighted by atomic mass is 9.63. The average molecular weight is 349 g/mol. The highest BCUT2D eigenvalue weighted by Gasteiger charge is 2.45. The van der Waals surface area contributed by atoms with E-state index in [0.29, 0.717) is 5.56 Å². The van der Waals surface area contributed by atoms with Crippen molar-refractivity contribution in [2.75, 3.05) is 6.61 Å². The number of aliphatic hydroxyl groups is 1. The molecule has 1 atom stereocenters. The van der Waals surface area contributed by atoms with Gasteiger partial charge in [-0.05, 0) is 55.2 Å². The van der Waals surface area contributed by atoms with Crippen LogP contribution >= 0.6 is 0 Å². The molecule has 3 heterocycles. The molecule has 1 fully saturated rings. The number of rotatable bonds is 5. The zero-order chi connectivity index (χ0) is 18.1. The van der Waals surface area contributed by atoms with Gasteiger partial charge in [-0.1, -0.05) is 12.5 Å². The van der Waals surface area contributed by atoms with Gasteiger partial charge in [0.1, 0.15) is 0 Å². The number of pyridine rings is 2. The van der Waals surface area contributed by atoms with Crippen LogP contribution in [0.3, 0.4) is 0 Å². The fourth-order valence-corrected chi connectivity index (χ4v) is 3.94. The van der Waals surface area contributed by atoms with Crippen molar-refractivity contribution in [2.45, 2.75) is 32.2 Å². The van der Waals surface area contributed by atoms with Gasteiger partial charge in [0.15, 0.2) is 0 Å². The van der Waals surface area contributed by atoms with Crippen molar-refractivity contribution in [2.24, 2.45) is 5.41 Å². The van der Waals surface area contributed by atoms with Crippen LogP contribution in [0, 0.1) is 12.3 Å². The second-order valence-corrected chi connectivity index (χ2v) is 7.27. The van der Waals surface area contributed by atoms with Crippen LogP contribution in [0.4, 0.5) is 0 Å². The van der Waals surface area contributed by atoms with E-state index in [2.05, 4.69) is 10.3 Å². The van der Waals surface area contributed by atoms with Crippen LogP contribution in [0.2, 0.25) is 0 Å². The van der Waals surface area contributed by atoms with E-state index in [0.717, 1.165) is 35.9 Å². The number of carbonyl (C=O) groups is 1. The summed E-state index contributed by atoms with van der Waals surface area (Å²) in [6.07, 6.45) is 10.2. The zero-order valence-electron chi connectivity index (χ0n) is 14.9. The van der Waals surface area contributed by atoms with Crippen LogP contribution in [0.1, 0.15) is 46.8 Å². The minimum absolute atomic E-state index is 0.0666. The smallest absolute Gasteiger partial charge is 0.253 e. The van der Waals surface area contributed by atoms with Gasteiger partial charge in [-0.2, -0.15) is 0 Å². The molecule has 0 bridgehead atoms. The summed E-state index contributed by atoms with van der Waals surface area (Å²) in [4.78, 5) is 17.1. The maximum Gasteiger partial charge on any atom is 0.253 e. The number of amides is 1. The third kappa shape index (κ3) is 2.78. The van der Waals surface area contributed by atoms with E-state index in [1.165, 1.54) is 0 Å². The molecule has 5 heteroatoms. The first-order valence-corrected chi connectivity index (χ1v) is 9.02. The van der Waals surface area contributed by atoms with Crippen LogP contribution < -0.4 is 5.32 Å². The zero-order valence-corrected chi connectivity index (χ0v) is 14.9. The molecule has 5 nitrogen and oxygen atoms in total. The fourth-order valence-electron chi connectivity index (χ4n) is 3.94. The predicted octanol–water partition coefficient (Wildman–Crippen LogP) is 3.28. The van der Waals surface area contributed by atoms with Gasteiger partial charge < -0.3 is 14.8 Å². The van der Waals surface area contributed by atoms with Crippen LogP contribution in [0.5, 0.6) is 0 Å². The summed E-state index contributed by atoms with van der Waals surface area (Å²) in [7, 11) is 0. The SMILES string of the molecule is Cc1cccn2cc(C(=O)NC(c3ccncc3)C3(CO)CCC3)cc12. The molecule has 26 heavy (non-hydrogen) atoms. The molecular formula is C21H23N3O2. The number of aryl methyl sites for hydroxylation is 1. The lowest BCUT2D eigenvalue weighted by Crippen LogP contribution is -2.47. The molecule has 1 aliphatic carbocycles. The first-order chi connectivity index (χ1) is 12.6. The lowest BCUT2D eigenvalue weighted by molar-refractivity contribution is 0.00598. The van der Waals surface area contributed by atoms with Gasteiger partial charge in [-0.15, -0.1) is 0 Å². The number of hydrogen-bond acceptors (Lipinski definition) is 3. The van der Waals surface area contributed by atoms with E-state index in [1.807, 2.05) is 54.0 Å². The number of carbonyl (C=O) groups excluding carboxylic acids is 1. The van der Waals surface area contributed by atoms with Crippen molar-refractivity contribution in [3.63, 3.8) is 0 Å². The summed E-state index contributed by atoms with van der Waals surface area (Å²) in [5.74, 6) is -0.116. The predicted molar refractivity (Wildman–Crippen MR) is 99.9 cm³/mol. The molecule has 3 aromatic rings. The minimum atomic E-state index is -0.286. The molecule has 0 spiro atoms. The molecule has 0 aromatic carbocycles. The quantitative estimate of drug-likeness (QED) is 0.743. The van der Waals surface area contributed by atoms with Gasteiger partial charge >= 0.3 is 0 Å². The number of nitrogens with one attached hydrogen (secondary N) is 1. The standard InChI is InChI=1S/C21H23N3O2/c1-15-4-2-11-24-13-17(12-18(15)24)20(26)23-19(16-5-9-22-10-6-16)21(14-25)7-3-8-21/h2,4-6,9-13,19,25H,3,7-8,14H2,1H3,(H,23,26). The molecule has 0 saturated heterocycles. The Bertz CT molecular complexity index is 923. The van der Waals surface area contributed by atoms with Crippen molar-refractivity contribution in [3.8, 4) is 0 Å². The largest absolute Gasteiger partial charge is 0.396 e. The van der Waals surface area contributed by atoms with Crippen molar-refractivity contribution in [1.82, 2.24) is 14.7 Å². The molecule has 2 N–H and O–H groups in total. The fraction of sp³-hybridized carbons (Fsp3) is 0.333. The summed E-state index contributed by atoms with van der Waals surface area (Å²) >= 11 is 0. The average Bonchev–Trinajstić information content (AvgIpc) is 3.07. The molecule has 134 valence electrons. The summed E-state index contributed by atoms with van der Waals surface area (Å²) in [6, 6.07) is 9.54. The summed E-state index contributed by atoms with van der Waals surface area (Å²) < 4.78 is 1.97. The van der Waals surface area contributed by atoms with Gasteiger partial charge in [0.2, 0.25) is 0 Å². The second kappa shape index (κ2) is 6.57. The third-order valence-electron chi connectivity index (χ3n) is 5.70. The second-order valence-electron chi connectivity index (χ2n) is 7.27. The Balaban J connectivity index is 1.66. The Morgan fingerprint density at radius 1 is 1.35 bits per heavy atom. The highest BCUT2D eigenvalue weighted by molar-refractivity contribution is 5.96. The van der Waals surface area contributed by atoms with E-state index in [-0.39, 0.29) is 24.0 Å². The van der Waals surface area contributed by atoms with Gasteiger partial charge in [0, 0.05) is 35.7 Å². The molecule has 3 aromatic heterocycles. The van der Waals surface area contributed by atoms with E-state index in [4.69, 9.17) is 0 Å². The van der Waals surface area contributed by atoms with E-state index in [9.17, 15) is 9.90 Å². The van der Waals surface area contributed by atoms with Gasteiger partial charge in [-0.3, -0.25) is 9.78 Å². The maximum absolute atomic E-state index is 13.0. The Morgan fingerprint density at radius 2 is 2.12 bits per heavy atom. The monoisotopic (exact) mass is 349 g/mol. The highest BCUT2D eigenvalue weighted by Crippen LogP contribution is 2.49. The number of hydrogen-bond donors (Lipinski definition) is 2. The molecule has 1 unspecified atom stereocenters. The molecule has 1 amide bonds. The van der Waals surface area contributed by atoms with Crippen LogP contribution in [0.25, 0.3) is 5.52 Å². The normalized spacial score (nSPS) is 16.8. The number of fused-ring (bicyclic) bond motifs is 1. The summed E-state index contributed by atoms with van der Waals surface area (Å²) in [6.45, 7) is 2.10. The Labute approximate surface area is 152 Å². The molecular weight excluding hydrogens is 326 g/mol. The molecule has 1 saturated carbocycles. The summed E-state index contributed by atoms with van der Waals surface area (Å²) in [5, 5.41) is 13.2. The molecule has 1 aliphatic rings. The van der Waals surface area contributed by atoms with Crippen molar-refractivity contribution in [1.29, 1.82) is 0 Å². The first kappa shape index (κ1) is 16.8. The Morgan fingerprint density at radius 3 is 2.73 bits per heavy atom. The molecule has 0 aliphatic heterocycles. The molecule has 0 radical (unpaired) electrons. The third-order valence-corrected chi connectivity index (χ3v) is 5.70. The first-order valence-electron chi connectivity index (χ1n) is 9.02. The summed E-state index contributed by atoms with van der Waals surface area (Å²) in [5.41, 5.74) is 3.49. The minimum Gasteiger partial charge on any atom is -0.396 e. The molecule has 4 rings (SSSR count). The lowest BCUT2D eigenvalue weighted by Gasteiger charge is -2.46. The number of aliphatic hydroxyl groups excluding tert-OH is 1. The van der Waals surface area contributed by atoms with Crippen molar-refractivity contribution < 1.29 is 9.90 Å². The van der Waals surface area contributed by atoms with Crippen molar-refractivity contribution in [3.05, 3.63) is 71.8 Å². The Kier molecular flexibility index (Phi) is 4.24.